The number of aromatic nitrogens is 6. The number of benzene rings is 10. The maximum absolute atomic E-state index is 16.7. The normalized spacial score (nSPS) is 11.5. The molecule has 16 rings (SSSR count). The van der Waals surface area contributed by atoms with E-state index >= 15 is 22.0 Å². The molecule has 12 heteroatoms. The molecule has 0 unspecified atom stereocenters. The molecule has 0 aliphatic carbocycles. The fourth-order valence-corrected chi connectivity index (χ4v) is 13.2. The number of hydrogen-bond acceptors (Lipinski definition) is 4. The van der Waals surface area contributed by atoms with Crippen LogP contribution in [0, 0.1) is 35.7 Å². The van der Waals surface area contributed by atoms with Crippen molar-refractivity contribution in [3.8, 4) is 112 Å². The highest BCUT2D eigenvalue weighted by Crippen LogP contribution is 2.48. The van der Waals surface area contributed by atoms with Gasteiger partial charge < -0.3 is 9.13 Å². The minimum atomic E-state index is -2.31. The van der Waals surface area contributed by atoms with E-state index < -0.39 is 40.2 Å². The largest absolute Gasteiger partial charge is 0.308 e. The summed E-state index contributed by atoms with van der Waals surface area (Å²) in [6, 6.07) is 82.6. The van der Waals surface area contributed by atoms with Crippen molar-refractivity contribution in [2.24, 2.45) is 0 Å². The molecule has 0 aliphatic rings. The van der Waals surface area contributed by atoms with Crippen LogP contribution in [0.25, 0.3) is 160 Å². The maximum atomic E-state index is 16.7. The van der Waals surface area contributed by atoms with Gasteiger partial charge in [0.25, 0.3) is 0 Å². The van der Waals surface area contributed by atoms with Gasteiger partial charge in [-0.2, -0.15) is 0 Å². The van der Waals surface area contributed by atoms with Crippen LogP contribution in [0.4, 0.5) is 27.6 Å². The summed E-state index contributed by atoms with van der Waals surface area (Å²) >= 11 is 0. The molecule has 0 atom stereocenters. The van der Waals surface area contributed by atoms with Gasteiger partial charge in [-0.15, -0.1) is 0 Å². The second-order valence-electron chi connectivity index (χ2n) is 22.6. The van der Waals surface area contributed by atoms with Gasteiger partial charge in [0.05, 0.1) is 62.8 Å². The molecule has 0 fully saturated rings. The molecule has 10 aromatic carbocycles. The third-order valence-electron chi connectivity index (χ3n) is 17.4. The molecule has 16 aromatic rings. The average Bonchev–Trinajstić information content (AvgIpc) is 1.73. The number of pyridine rings is 4. The van der Waals surface area contributed by atoms with E-state index in [9.17, 15) is 0 Å². The quantitative estimate of drug-likeness (QED) is 0.0560. The van der Waals surface area contributed by atoms with Gasteiger partial charge in [0.15, 0.2) is 29.0 Å². The zero-order valence-electron chi connectivity index (χ0n) is 49.1. The molecule has 0 aliphatic heterocycles. The lowest BCUT2D eigenvalue weighted by Gasteiger charge is -2.20. The molecule has 0 saturated carbocycles. The minimum Gasteiger partial charge on any atom is -0.308 e. The summed E-state index contributed by atoms with van der Waals surface area (Å²) in [4.78, 5) is 23.4. The van der Waals surface area contributed by atoms with Gasteiger partial charge in [0.1, 0.15) is 0 Å². The summed E-state index contributed by atoms with van der Waals surface area (Å²) in [6.45, 7) is 8.76. The second kappa shape index (κ2) is 22.8. The van der Waals surface area contributed by atoms with Crippen molar-refractivity contribution < 1.29 is 22.0 Å². The standard InChI is InChI=1S/C81H46F5N7/c1-87-65-47-71(93-68-36-32-54(58-28-16-40-90-80(58)50-22-10-4-11-23-50)44-62(68)63-45-55(33-37-69(63)93)59-29-17-41-91-81(59)51-24-12-5-13-25-51)70(46-64(65)72-73(82)75(84)77(86)76(85)74(72)83)92-66-34-30-52(56-26-14-38-88-78(56)48-18-6-2-7-19-48)42-60(66)61-43-53(31-35-67(61)92)57-27-15-39-89-79(57)49-20-8-3-9-21-49/h2-47H. The van der Waals surface area contributed by atoms with E-state index in [1.807, 2.05) is 228 Å². The van der Waals surface area contributed by atoms with E-state index in [-0.39, 0.29) is 11.4 Å². The van der Waals surface area contributed by atoms with Gasteiger partial charge in [-0.3, -0.25) is 19.9 Å². The zero-order chi connectivity index (χ0) is 62.8. The average molecular weight is 1210 g/mol. The number of halogens is 5. The summed E-state index contributed by atoms with van der Waals surface area (Å²) in [6.07, 6.45) is 7.06. The Morgan fingerprint density at radius 1 is 0.269 bits per heavy atom. The fourth-order valence-electron chi connectivity index (χ4n) is 13.2. The van der Waals surface area contributed by atoms with Crippen molar-refractivity contribution in [3.05, 3.63) is 320 Å². The van der Waals surface area contributed by atoms with Gasteiger partial charge >= 0.3 is 0 Å². The van der Waals surface area contributed by atoms with Crippen LogP contribution >= 0.6 is 0 Å². The summed E-state index contributed by atoms with van der Waals surface area (Å²) in [5.74, 6) is -10.7. The topological polar surface area (TPSA) is 65.8 Å². The number of rotatable bonds is 11. The molecule has 440 valence electrons. The summed E-state index contributed by atoms with van der Waals surface area (Å²) in [5, 5.41) is 3.10. The number of fused-ring (bicyclic) bond motifs is 6. The third kappa shape index (κ3) is 9.40. The molecule has 0 radical (unpaired) electrons. The van der Waals surface area contributed by atoms with Crippen molar-refractivity contribution in [2.45, 2.75) is 0 Å². The Morgan fingerprint density at radius 3 is 0.839 bits per heavy atom. The predicted molar refractivity (Wildman–Crippen MR) is 361 cm³/mol. The lowest BCUT2D eigenvalue weighted by atomic mass is 9.96. The van der Waals surface area contributed by atoms with Crippen LogP contribution in [0.15, 0.2) is 280 Å². The maximum Gasteiger partial charge on any atom is 0.200 e. The van der Waals surface area contributed by atoms with E-state index in [0.717, 1.165) is 111 Å². The van der Waals surface area contributed by atoms with Crippen LogP contribution in [0.2, 0.25) is 0 Å². The molecule has 93 heavy (non-hydrogen) atoms. The Kier molecular flexibility index (Phi) is 13.7. The molecule has 0 N–H and O–H groups in total. The van der Waals surface area contributed by atoms with Crippen LogP contribution in [0.5, 0.6) is 0 Å². The summed E-state index contributed by atoms with van der Waals surface area (Å²) in [7, 11) is 0. The summed E-state index contributed by atoms with van der Waals surface area (Å²) < 4.78 is 83.8. The van der Waals surface area contributed by atoms with E-state index in [0.29, 0.717) is 27.8 Å². The van der Waals surface area contributed by atoms with E-state index in [4.69, 9.17) is 26.5 Å². The molecule has 7 nitrogen and oxygen atoms in total. The molecular formula is C81H46F5N7. The zero-order valence-corrected chi connectivity index (χ0v) is 49.1. The highest BCUT2D eigenvalue weighted by Gasteiger charge is 2.31. The van der Waals surface area contributed by atoms with Gasteiger partial charge in [-0.25, -0.2) is 26.8 Å². The Morgan fingerprint density at radius 2 is 0.548 bits per heavy atom. The third-order valence-corrected chi connectivity index (χ3v) is 17.4. The van der Waals surface area contributed by atoms with E-state index in [1.165, 1.54) is 12.1 Å². The highest BCUT2D eigenvalue weighted by atomic mass is 19.2. The van der Waals surface area contributed by atoms with Crippen LogP contribution in [0.1, 0.15) is 0 Å². The van der Waals surface area contributed by atoms with Crippen LogP contribution in [-0.2, 0) is 0 Å². The smallest absolute Gasteiger partial charge is 0.200 e. The van der Waals surface area contributed by atoms with Gasteiger partial charge in [0.2, 0.25) is 5.82 Å². The first-order chi connectivity index (χ1) is 45.7. The van der Waals surface area contributed by atoms with Crippen molar-refractivity contribution in [1.82, 2.24) is 29.1 Å². The first-order valence-corrected chi connectivity index (χ1v) is 30.0. The van der Waals surface area contributed by atoms with Gasteiger partial charge in [-0.1, -0.05) is 170 Å². The van der Waals surface area contributed by atoms with Crippen molar-refractivity contribution in [1.29, 1.82) is 0 Å². The minimum absolute atomic E-state index is 0.253. The SMILES string of the molecule is [C-]#[N+]c1cc(-n2c3ccc(-c4cccnc4-c4ccccc4)cc3c3cc(-c4cccnc4-c4ccccc4)ccc32)c(-n2c3ccc(-c4cccnc4-c4ccccc4)cc3c3cc(-c4cccnc4-c4ccccc4)ccc32)cc1-c1c(F)c(F)c(F)c(F)c1F. The molecular weight excluding hydrogens is 1170 g/mol. The number of hydrogen-bond donors (Lipinski definition) is 0. The monoisotopic (exact) mass is 1210 g/mol. The molecule has 0 bridgehead atoms. The van der Waals surface area contributed by atoms with E-state index in [1.54, 1.807) is 24.8 Å². The predicted octanol–water partition coefficient (Wildman–Crippen LogP) is 21.7. The lowest BCUT2D eigenvalue weighted by molar-refractivity contribution is 0.381. The van der Waals surface area contributed by atoms with Gasteiger partial charge in [-0.05, 0) is 113 Å². The molecule has 6 heterocycles. The number of nitrogens with zero attached hydrogens (tertiary/aromatic N) is 7. The van der Waals surface area contributed by atoms with Crippen LogP contribution in [0.3, 0.4) is 0 Å². The Bertz CT molecular complexity index is 5400. The summed E-state index contributed by atoms with van der Waals surface area (Å²) in [5.41, 5.74) is 14.6. The Labute approximate surface area is 529 Å². The molecule has 0 spiro atoms. The molecule has 0 amide bonds. The van der Waals surface area contributed by atoms with Crippen LogP contribution < -0.4 is 0 Å². The lowest BCUT2D eigenvalue weighted by Crippen LogP contribution is -2.07. The first kappa shape index (κ1) is 55.8. The van der Waals surface area contributed by atoms with E-state index in [2.05, 4.69) is 29.1 Å². The molecule has 0 saturated heterocycles. The van der Waals surface area contributed by atoms with Crippen LogP contribution in [-0.4, -0.2) is 29.1 Å². The first-order valence-electron chi connectivity index (χ1n) is 30.0. The van der Waals surface area contributed by atoms with Crippen molar-refractivity contribution in [2.75, 3.05) is 0 Å². The molecule has 6 aromatic heterocycles. The Balaban J connectivity index is 1.02. The second-order valence-corrected chi connectivity index (χ2v) is 22.6. The fraction of sp³-hybridized carbons (Fsp3) is 0. The van der Waals surface area contributed by atoms with Crippen molar-refractivity contribution >= 4 is 49.3 Å². The Hall–Kier alpha value is -12.5. The van der Waals surface area contributed by atoms with Gasteiger partial charge in [0, 0.05) is 96.4 Å². The van der Waals surface area contributed by atoms with Crippen molar-refractivity contribution in [3.63, 3.8) is 0 Å². The highest BCUT2D eigenvalue weighted by molar-refractivity contribution is 6.15.